The summed E-state index contributed by atoms with van der Waals surface area (Å²) in [6.45, 7) is 2.12. The third-order valence-electron chi connectivity index (χ3n) is 3.31. The fourth-order valence-corrected chi connectivity index (χ4v) is 2.18. The number of rotatable bonds is 3. The van der Waals surface area contributed by atoms with Crippen molar-refractivity contribution >= 4 is 16.8 Å². The van der Waals surface area contributed by atoms with E-state index in [2.05, 4.69) is 20.3 Å². The molecule has 2 heterocycles. The fraction of sp³-hybridized carbons (Fsp3) is 0.125. The van der Waals surface area contributed by atoms with Gasteiger partial charge in [0.25, 0.3) is 11.5 Å². The van der Waals surface area contributed by atoms with Crippen LogP contribution in [0, 0.1) is 6.92 Å². The minimum Gasteiger partial charge on any atom is -0.346 e. The van der Waals surface area contributed by atoms with Crippen molar-refractivity contribution in [2.45, 2.75) is 13.5 Å². The molecule has 0 atom stereocenters. The molecule has 2 N–H and O–H groups in total. The van der Waals surface area contributed by atoms with Crippen molar-refractivity contribution < 1.29 is 4.79 Å². The Morgan fingerprint density at radius 3 is 2.91 bits per heavy atom. The summed E-state index contributed by atoms with van der Waals surface area (Å²) in [7, 11) is 0. The molecule has 0 bridgehead atoms. The third kappa shape index (κ3) is 2.85. The van der Waals surface area contributed by atoms with Gasteiger partial charge in [-0.2, -0.15) is 0 Å². The second kappa shape index (κ2) is 5.77. The van der Waals surface area contributed by atoms with Crippen LogP contribution in [0.15, 0.2) is 47.7 Å². The van der Waals surface area contributed by atoms with Gasteiger partial charge in [0.05, 0.1) is 6.20 Å². The predicted molar refractivity (Wildman–Crippen MR) is 82.5 cm³/mol. The Morgan fingerprint density at radius 1 is 1.27 bits per heavy atom. The van der Waals surface area contributed by atoms with Crippen molar-refractivity contribution in [2.75, 3.05) is 0 Å². The molecular formula is C16H14N4O2. The Morgan fingerprint density at radius 2 is 2.14 bits per heavy atom. The summed E-state index contributed by atoms with van der Waals surface area (Å²) in [5, 5.41) is 3.61. The SMILES string of the molecule is Cc1ccc2[nH]c(=O)c(CNC(=O)c3cnccn3)cc2c1. The number of pyridine rings is 1. The van der Waals surface area contributed by atoms with Crippen LogP contribution in [0.2, 0.25) is 0 Å². The molecule has 0 aliphatic heterocycles. The molecule has 1 amide bonds. The number of benzene rings is 1. The zero-order chi connectivity index (χ0) is 15.5. The van der Waals surface area contributed by atoms with Crippen LogP contribution in [0.5, 0.6) is 0 Å². The lowest BCUT2D eigenvalue weighted by atomic mass is 10.1. The molecule has 1 aromatic carbocycles. The highest BCUT2D eigenvalue weighted by atomic mass is 16.2. The van der Waals surface area contributed by atoms with Gasteiger partial charge < -0.3 is 10.3 Å². The number of fused-ring (bicyclic) bond motifs is 1. The zero-order valence-electron chi connectivity index (χ0n) is 12.0. The molecule has 6 heteroatoms. The number of H-pyrrole nitrogens is 1. The molecule has 22 heavy (non-hydrogen) atoms. The number of aromatic amines is 1. The Hall–Kier alpha value is -3.02. The van der Waals surface area contributed by atoms with Crippen molar-refractivity contribution in [1.29, 1.82) is 0 Å². The first-order valence-electron chi connectivity index (χ1n) is 6.80. The zero-order valence-corrected chi connectivity index (χ0v) is 12.0. The molecule has 0 fully saturated rings. The smallest absolute Gasteiger partial charge is 0.271 e. The highest BCUT2D eigenvalue weighted by Gasteiger charge is 2.09. The van der Waals surface area contributed by atoms with Gasteiger partial charge in [0.2, 0.25) is 0 Å². The van der Waals surface area contributed by atoms with Gasteiger partial charge in [-0.25, -0.2) is 4.98 Å². The van der Waals surface area contributed by atoms with E-state index in [1.165, 1.54) is 18.6 Å². The topological polar surface area (TPSA) is 87.7 Å². The van der Waals surface area contributed by atoms with Crippen LogP contribution in [-0.4, -0.2) is 20.9 Å². The van der Waals surface area contributed by atoms with Crippen LogP contribution in [0.3, 0.4) is 0 Å². The van der Waals surface area contributed by atoms with Gasteiger partial charge in [-0.3, -0.25) is 14.6 Å². The summed E-state index contributed by atoms with van der Waals surface area (Å²) in [5.74, 6) is -0.364. The number of nitrogens with one attached hydrogen (secondary N) is 2. The van der Waals surface area contributed by atoms with E-state index < -0.39 is 0 Å². The van der Waals surface area contributed by atoms with E-state index in [-0.39, 0.29) is 23.7 Å². The van der Waals surface area contributed by atoms with Gasteiger partial charge in [0, 0.05) is 30.0 Å². The molecule has 3 aromatic rings. The molecule has 0 aliphatic rings. The number of hydrogen-bond donors (Lipinski definition) is 2. The van der Waals surface area contributed by atoms with Gasteiger partial charge in [-0.15, -0.1) is 0 Å². The van der Waals surface area contributed by atoms with E-state index in [0.29, 0.717) is 5.56 Å². The van der Waals surface area contributed by atoms with E-state index in [9.17, 15) is 9.59 Å². The number of amides is 1. The van der Waals surface area contributed by atoms with Crippen LogP contribution in [-0.2, 0) is 6.54 Å². The average Bonchev–Trinajstić information content (AvgIpc) is 2.54. The summed E-state index contributed by atoms with van der Waals surface area (Å²) < 4.78 is 0. The molecule has 2 aromatic heterocycles. The Bertz CT molecular complexity index is 888. The fourth-order valence-electron chi connectivity index (χ4n) is 2.18. The minimum atomic E-state index is -0.364. The lowest BCUT2D eigenvalue weighted by Gasteiger charge is -2.06. The quantitative estimate of drug-likeness (QED) is 0.767. The summed E-state index contributed by atoms with van der Waals surface area (Å²) in [6, 6.07) is 7.58. The first-order chi connectivity index (χ1) is 10.6. The van der Waals surface area contributed by atoms with Gasteiger partial charge >= 0.3 is 0 Å². The largest absolute Gasteiger partial charge is 0.346 e. The minimum absolute atomic E-state index is 0.134. The van der Waals surface area contributed by atoms with Crippen molar-refractivity contribution in [2.24, 2.45) is 0 Å². The van der Waals surface area contributed by atoms with Crippen molar-refractivity contribution in [3.05, 3.63) is 70.0 Å². The second-order valence-corrected chi connectivity index (χ2v) is 4.99. The molecular weight excluding hydrogens is 280 g/mol. The molecule has 3 rings (SSSR count). The van der Waals surface area contributed by atoms with Gasteiger partial charge in [0.15, 0.2) is 0 Å². The van der Waals surface area contributed by atoms with Gasteiger partial charge in [-0.05, 0) is 30.5 Å². The number of aryl methyl sites for hydroxylation is 1. The Balaban J connectivity index is 1.83. The van der Waals surface area contributed by atoms with Crippen LogP contribution in [0.25, 0.3) is 10.9 Å². The van der Waals surface area contributed by atoms with Crippen LogP contribution < -0.4 is 10.9 Å². The maximum absolute atomic E-state index is 12.0. The third-order valence-corrected chi connectivity index (χ3v) is 3.31. The van der Waals surface area contributed by atoms with Crippen LogP contribution >= 0.6 is 0 Å². The van der Waals surface area contributed by atoms with E-state index in [1.807, 2.05) is 25.1 Å². The van der Waals surface area contributed by atoms with Crippen molar-refractivity contribution in [3.63, 3.8) is 0 Å². The van der Waals surface area contributed by atoms with E-state index in [0.717, 1.165) is 16.5 Å². The van der Waals surface area contributed by atoms with Crippen molar-refractivity contribution in [3.8, 4) is 0 Å². The number of hydrogen-bond acceptors (Lipinski definition) is 4. The molecule has 0 aliphatic carbocycles. The highest BCUT2D eigenvalue weighted by molar-refractivity contribution is 5.91. The lowest BCUT2D eigenvalue weighted by Crippen LogP contribution is -2.27. The summed E-state index contributed by atoms with van der Waals surface area (Å²) >= 11 is 0. The van der Waals surface area contributed by atoms with E-state index >= 15 is 0 Å². The van der Waals surface area contributed by atoms with E-state index in [1.54, 1.807) is 6.07 Å². The predicted octanol–water partition coefficient (Wildman–Crippen LogP) is 1.56. The normalized spacial score (nSPS) is 10.6. The lowest BCUT2D eigenvalue weighted by molar-refractivity contribution is 0.0945. The molecule has 0 saturated carbocycles. The van der Waals surface area contributed by atoms with Gasteiger partial charge in [-0.1, -0.05) is 11.6 Å². The number of carbonyl (C=O) groups is 1. The molecule has 0 radical (unpaired) electrons. The second-order valence-electron chi connectivity index (χ2n) is 4.99. The highest BCUT2D eigenvalue weighted by Crippen LogP contribution is 2.13. The van der Waals surface area contributed by atoms with Crippen molar-refractivity contribution in [1.82, 2.24) is 20.3 Å². The van der Waals surface area contributed by atoms with Gasteiger partial charge in [0.1, 0.15) is 5.69 Å². The standard InChI is InChI=1S/C16H14N4O2/c1-10-2-3-13-11(6-10)7-12(15(21)20-13)8-19-16(22)14-9-17-4-5-18-14/h2-7,9H,8H2,1H3,(H,19,22)(H,20,21). The van der Waals surface area contributed by atoms with Crippen LogP contribution in [0.1, 0.15) is 21.6 Å². The molecule has 0 saturated heterocycles. The number of aromatic nitrogens is 3. The first-order valence-corrected chi connectivity index (χ1v) is 6.80. The summed E-state index contributed by atoms with van der Waals surface area (Å²) in [6.07, 6.45) is 4.32. The Kier molecular flexibility index (Phi) is 3.65. The molecule has 0 unspecified atom stereocenters. The maximum atomic E-state index is 12.0. The number of carbonyl (C=O) groups excluding carboxylic acids is 1. The summed E-state index contributed by atoms with van der Waals surface area (Å²) in [4.78, 5) is 34.5. The maximum Gasteiger partial charge on any atom is 0.271 e. The average molecular weight is 294 g/mol. The molecule has 0 spiro atoms. The first kappa shape index (κ1) is 13.9. The van der Waals surface area contributed by atoms with Crippen LogP contribution in [0.4, 0.5) is 0 Å². The molecule has 110 valence electrons. The Labute approximate surface area is 126 Å². The molecule has 6 nitrogen and oxygen atoms in total. The number of nitrogens with zero attached hydrogens (tertiary/aromatic N) is 2. The monoisotopic (exact) mass is 294 g/mol. The summed E-state index contributed by atoms with van der Waals surface area (Å²) in [5.41, 5.74) is 2.38. The van der Waals surface area contributed by atoms with E-state index in [4.69, 9.17) is 0 Å².